The van der Waals surface area contributed by atoms with Gasteiger partial charge in [-0.1, -0.05) is 42.8 Å². The van der Waals surface area contributed by atoms with Crippen molar-refractivity contribution in [1.29, 1.82) is 0 Å². The second-order valence-corrected chi connectivity index (χ2v) is 9.45. The fourth-order valence-electron chi connectivity index (χ4n) is 3.79. The van der Waals surface area contributed by atoms with Crippen molar-refractivity contribution < 1.29 is 27.8 Å². The van der Waals surface area contributed by atoms with Gasteiger partial charge in [-0.2, -0.15) is 0 Å². The van der Waals surface area contributed by atoms with E-state index in [0.717, 1.165) is 30.4 Å². The molecule has 0 radical (unpaired) electrons. The molecule has 0 saturated carbocycles. The van der Waals surface area contributed by atoms with Gasteiger partial charge < -0.3 is 14.6 Å². The molecule has 0 aliphatic heterocycles. The molecule has 8 heteroatoms. The summed E-state index contributed by atoms with van der Waals surface area (Å²) < 4.78 is 39.4. The van der Waals surface area contributed by atoms with E-state index in [2.05, 4.69) is 4.72 Å². The maximum absolute atomic E-state index is 13.1. The van der Waals surface area contributed by atoms with Crippen LogP contribution >= 0.6 is 0 Å². The van der Waals surface area contributed by atoms with Gasteiger partial charge in [-0.15, -0.1) is 0 Å². The normalized spacial score (nSPS) is 11.1. The van der Waals surface area contributed by atoms with Gasteiger partial charge in [-0.25, -0.2) is 13.2 Å². The Hall–Kier alpha value is -3.52. The van der Waals surface area contributed by atoms with Crippen LogP contribution < -0.4 is 14.2 Å². The van der Waals surface area contributed by atoms with Gasteiger partial charge in [-0.3, -0.25) is 4.72 Å². The van der Waals surface area contributed by atoms with Gasteiger partial charge in [-0.05, 0) is 61.1 Å². The maximum Gasteiger partial charge on any atom is 0.335 e. The minimum absolute atomic E-state index is 0.00116. The van der Waals surface area contributed by atoms with E-state index in [-0.39, 0.29) is 10.6 Å². The second-order valence-electron chi connectivity index (χ2n) is 7.80. The number of carboxylic acids is 1. The minimum Gasteiger partial charge on any atom is -0.497 e. The number of sulfonamides is 1. The highest BCUT2D eigenvalue weighted by Crippen LogP contribution is 2.30. The first kappa shape index (κ1) is 25.1. The van der Waals surface area contributed by atoms with Crippen LogP contribution in [-0.2, 0) is 22.9 Å². The molecule has 3 aromatic rings. The van der Waals surface area contributed by atoms with E-state index in [1.54, 1.807) is 36.4 Å². The summed E-state index contributed by atoms with van der Waals surface area (Å²) in [5, 5.41) is 9.31. The van der Waals surface area contributed by atoms with Gasteiger partial charge in [0.2, 0.25) is 0 Å². The number of methoxy groups -OCH3 is 2. The monoisotopic (exact) mass is 483 g/mol. The third-order valence-electron chi connectivity index (χ3n) is 5.56. The highest BCUT2D eigenvalue weighted by atomic mass is 32.2. The molecule has 0 fully saturated rings. The largest absolute Gasteiger partial charge is 0.497 e. The van der Waals surface area contributed by atoms with Crippen molar-refractivity contribution in [1.82, 2.24) is 0 Å². The number of carbonyl (C=O) groups is 1. The molecule has 0 bridgehead atoms. The number of anilines is 1. The van der Waals surface area contributed by atoms with Crippen LogP contribution in [0, 0.1) is 0 Å². The first-order chi connectivity index (χ1) is 16.4. The Balaban J connectivity index is 1.65. The molecule has 7 nitrogen and oxygen atoms in total. The standard InChI is InChI=1S/C26H29NO6S/c1-32-21-16-17-24(33-2)25(18-21)34(30,31)27-23-15-9-7-13-20(23)12-5-3-4-10-19-11-6-8-14-22(19)26(28)29/h6-9,11,13-18,27H,3-5,10,12H2,1-2H3,(H,28,29). The van der Waals surface area contributed by atoms with E-state index in [0.29, 0.717) is 29.8 Å². The van der Waals surface area contributed by atoms with Crippen LogP contribution in [0.25, 0.3) is 0 Å². The highest BCUT2D eigenvalue weighted by molar-refractivity contribution is 7.92. The summed E-state index contributed by atoms with van der Waals surface area (Å²) in [6.07, 6.45) is 3.95. The summed E-state index contributed by atoms with van der Waals surface area (Å²) >= 11 is 0. The topological polar surface area (TPSA) is 102 Å². The van der Waals surface area contributed by atoms with Crippen molar-refractivity contribution in [3.63, 3.8) is 0 Å². The van der Waals surface area contributed by atoms with Crippen molar-refractivity contribution in [3.8, 4) is 11.5 Å². The van der Waals surface area contributed by atoms with Gasteiger partial charge in [0.15, 0.2) is 0 Å². The maximum atomic E-state index is 13.1. The van der Waals surface area contributed by atoms with Crippen LogP contribution in [0.4, 0.5) is 5.69 Å². The number of rotatable bonds is 12. The molecule has 3 rings (SSSR count). The molecule has 2 N–H and O–H groups in total. The van der Waals surface area contributed by atoms with Crippen LogP contribution in [0.3, 0.4) is 0 Å². The molecule has 3 aromatic carbocycles. The quantitative estimate of drug-likeness (QED) is 0.345. The average Bonchev–Trinajstić information content (AvgIpc) is 2.84. The van der Waals surface area contributed by atoms with E-state index >= 15 is 0 Å². The summed E-state index contributed by atoms with van der Waals surface area (Å²) in [6.45, 7) is 0. The number of hydrogen-bond acceptors (Lipinski definition) is 5. The summed E-state index contributed by atoms with van der Waals surface area (Å²) in [6, 6.07) is 19.0. The van der Waals surface area contributed by atoms with E-state index in [9.17, 15) is 18.3 Å². The molecule has 0 aromatic heterocycles. The number of benzene rings is 3. The molecule has 0 atom stereocenters. The van der Waals surface area contributed by atoms with E-state index < -0.39 is 16.0 Å². The zero-order valence-corrected chi connectivity index (χ0v) is 20.1. The van der Waals surface area contributed by atoms with E-state index in [4.69, 9.17) is 9.47 Å². The van der Waals surface area contributed by atoms with Gasteiger partial charge in [0.1, 0.15) is 16.4 Å². The number of ether oxygens (including phenoxy) is 2. The number of aromatic carboxylic acids is 1. The lowest BCUT2D eigenvalue weighted by Crippen LogP contribution is -2.15. The van der Waals surface area contributed by atoms with Crippen LogP contribution in [-0.4, -0.2) is 33.7 Å². The lowest BCUT2D eigenvalue weighted by molar-refractivity contribution is 0.0695. The molecule has 0 spiro atoms. The Morgan fingerprint density at radius 1 is 0.853 bits per heavy atom. The molecule has 0 heterocycles. The average molecular weight is 484 g/mol. The third-order valence-corrected chi connectivity index (χ3v) is 6.95. The molecule has 34 heavy (non-hydrogen) atoms. The van der Waals surface area contributed by atoms with Crippen molar-refractivity contribution in [2.24, 2.45) is 0 Å². The number of para-hydroxylation sites is 1. The molecule has 0 aliphatic rings. The second kappa shape index (κ2) is 11.6. The molecule has 0 aliphatic carbocycles. The van der Waals surface area contributed by atoms with Crippen molar-refractivity contribution >= 4 is 21.7 Å². The summed E-state index contributed by atoms with van der Waals surface area (Å²) in [5.74, 6) is -0.268. The smallest absolute Gasteiger partial charge is 0.335 e. The lowest BCUT2D eigenvalue weighted by Gasteiger charge is -2.15. The van der Waals surface area contributed by atoms with Crippen molar-refractivity contribution in [2.45, 2.75) is 37.0 Å². The lowest BCUT2D eigenvalue weighted by atomic mass is 9.99. The number of carboxylic acid groups (broad SMARTS) is 1. The number of nitrogens with one attached hydrogen (secondary N) is 1. The number of unbranched alkanes of at least 4 members (excludes halogenated alkanes) is 2. The van der Waals surface area contributed by atoms with Crippen LogP contribution in [0.15, 0.2) is 71.6 Å². The first-order valence-electron chi connectivity index (χ1n) is 11.0. The molecular formula is C26H29NO6S. The predicted molar refractivity (Wildman–Crippen MR) is 131 cm³/mol. The van der Waals surface area contributed by atoms with Crippen LogP contribution in [0.5, 0.6) is 11.5 Å². The van der Waals surface area contributed by atoms with Gasteiger partial charge in [0.05, 0.1) is 25.5 Å². The van der Waals surface area contributed by atoms with E-state index in [1.807, 2.05) is 24.3 Å². The fourth-order valence-corrected chi connectivity index (χ4v) is 5.07. The minimum atomic E-state index is -3.91. The van der Waals surface area contributed by atoms with Gasteiger partial charge in [0.25, 0.3) is 10.0 Å². The highest BCUT2D eigenvalue weighted by Gasteiger charge is 2.21. The SMILES string of the molecule is COc1ccc(OC)c(S(=O)(=O)Nc2ccccc2CCCCCc2ccccc2C(=O)O)c1. The number of aryl methyl sites for hydroxylation is 2. The molecule has 0 unspecified atom stereocenters. The Morgan fingerprint density at radius 3 is 2.18 bits per heavy atom. The molecular weight excluding hydrogens is 454 g/mol. The van der Waals surface area contributed by atoms with E-state index in [1.165, 1.54) is 20.3 Å². The summed E-state index contributed by atoms with van der Waals surface area (Å²) in [5.41, 5.74) is 2.58. The van der Waals surface area contributed by atoms with Crippen molar-refractivity contribution in [2.75, 3.05) is 18.9 Å². The molecule has 0 amide bonds. The zero-order valence-electron chi connectivity index (χ0n) is 19.3. The summed E-state index contributed by atoms with van der Waals surface area (Å²) in [7, 11) is -1.01. The Labute approximate surface area is 200 Å². The fraction of sp³-hybridized carbons (Fsp3) is 0.269. The van der Waals surface area contributed by atoms with Gasteiger partial charge in [0, 0.05) is 6.07 Å². The molecule has 180 valence electrons. The summed E-state index contributed by atoms with van der Waals surface area (Å²) in [4.78, 5) is 11.4. The Kier molecular flexibility index (Phi) is 8.54. The first-order valence-corrected chi connectivity index (χ1v) is 12.5. The predicted octanol–water partition coefficient (Wildman–Crippen LogP) is 5.16. The van der Waals surface area contributed by atoms with Gasteiger partial charge >= 0.3 is 5.97 Å². The Morgan fingerprint density at radius 2 is 1.50 bits per heavy atom. The Bertz CT molecular complexity index is 1240. The van der Waals surface area contributed by atoms with Crippen LogP contribution in [0.2, 0.25) is 0 Å². The van der Waals surface area contributed by atoms with Crippen molar-refractivity contribution in [3.05, 3.63) is 83.4 Å². The molecule has 0 saturated heterocycles. The zero-order chi connectivity index (χ0) is 24.6. The number of hydrogen-bond donors (Lipinski definition) is 2. The van der Waals surface area contributed by atoms with Crippen LogP contribution in [0.1, 0.15) is 40.7 Å². The third kappa shape index (κ3) is 6.29.